The highest BCUT2D eigenvalue weighted by molar-refractivity contribution is 5.38. The maximum atomic E-state index is 5.06. The van der Waals surface area contributed by atoms with Crippen LogP contribution < -0.4 is 10.1 Å². The van der Waals surface area contributed by atoms with E-state index in [-0.39, 0.29) is 0 Å². The van der Waals surface area contributed by atoms with Crippen molar-refractivity contribution in [2.24, 2.45) is 0 Å². The van der Waals surface area contributed by atoms with Crippen LogP contribution in [0.15, 0.2) is 18.2 Å². The maximum Gasteiger partial charge on any atom is 0.218 e. The fourth-order valence-electron chi connectivity index (χ4n) is 1.19. The van der Waals surface area contributed by atoms with Crippen molar-refractivity contribution in [3.63, 3.8) is 0 Å². The molecule has 0 fully saturated rings. The van der Waals surface area contributed by atoms with Crippen LogP contribution in [-0.2, 0) is 0 Å². The Morgan fingerprint density at radius 3 is 2.93 bits per heavy atom. The Bertz CT molecular complexity index is 337. The molecule has 1 aromatic heterocycles. The summed E-state index contributed by atoms with van der Waals surface area (Å²) in [5, 5.41) is 3.21. The van der Waals surface area contributed by atoms with E-state index in [2.05, 4.69) is 21.4 Å². The maximum absolute atomic E-state index is 5.06. The molecule has 82 valence electrons. The SMILES string of the molecule is C/C=C/CCNc1cc(OC)nc(C)n1. The van der Waals surface area contributed by atoms with Crippen molar-refractivity contribution in [1.29, 1.82) is 0 Å². The predicted octanol–water partition coefficient (Wildman–Crippen LogP) is 2.17. The van der Waals surface area contributed by atoms with Crippen LogP contribution in [0.25, 0.3) is 0 Å². The van der Waals surface area contributed by atoms with Crippen molar-refractivity contribution in [2.75, 3.05) is 19.0 Å². The Labute approximate surface area is 90.4 Å². The third kappa shape index (κ3) is 3.97. The molecule has 4 heteroatoms. The van der Waals surface area contributed by atoms with Gasteiger partial charge >= 0.3 is 0 Å². The van der Waals surface area contributed by atoms with Crippen molar-refractivity contribution < 1.29 is 4.74 Å². The average Bonchev–Trinajstić information content (AvgIpc) is 2.23. The zero-order chi connectivity index (χ0) is 11.1. The molecule has 0 radical (unpaired) electrons. The molecular weight excluding hydrogens is 190 g/mol. The van der Waals surface area contributed by atoms with E-state index >= 15 is 0 Å². The number of methoxy groups -OCH3 is 1. The molecule has 0 amide bonds. The molecule has 0 saturated heterocycles. The number of aryl methyl sites for hydroxylation is 1. The van der Waals surface area contributed by atoms with E-state index in [4.69, 9.17) is 4.74 Å². The first kappa shape index (κ1) is 11.5. The van der Waals surface area contributed by atoms with Gasteiger partial charge in [0, 0.05) is 12.6 Å². The quantitative estimate of drug-likeness (QED) is 0.593. The molecule has 0 bridgehead atoms. The first-order chi connectivity index (χ1) is 7.26. The molecule has 4 nitrogen and oxygen atoms in total. The minimum absolute atomic E-state index is 0.594. The van der Waals surface area contributed by atoms with Crippen molar-refractivity contribution in [3.05, 3.63) is 24.0 Å². The van der Waals surface area contributed by atoms with Crippen LogP contribution >= 0.6 is 0 Å². The molecule has 0 aliphatic carbocycles. The number of nitrogens with zero attached hydrogens (tertiary/aromatic N) is 2. The molecule has 0 atom stereocenters. The van der Waals surface area contributed by atoms with Gasteiger partial charge in [0.1, 0.15) is 11.6 Å². The van der Waals surface area contributed by atoms with Crippen LogP contribution in [-0.4, -0.2) is 23.6 Å². The summed E-state index contributed by atoms with van der Waals surface area (Å²) < 4.78 is 5.06. The summed E-state index contributed by atoms with van der Waals surface area (Å²) >= 11 is 0. The molecule has 0 aliphatic rings. The van der Waals surface area contributed by atoms with E-state index in [9.17, 15) is 0 Å². The molecular formula is C11H17N3O. The first-order valence-corrected chi connectivity index (χ1v) is 5.01. The van der Waals surface area contributed by atoms with Gasteiger partial charge in [0.2, 0.25) is 5.88 Å². The van der Waals surface area contributed by atoms with Gasteiger partial charge < -0.3 is 10.1 Å². The molecule has 0 saturated carbocycles. The number of allylic oxidation sites excluding steroid dienone is 1. The summed E-state index contributed by atoms with van der Waals surface area (Å²) in [5.41, 5.74) is 0. The number of aromatic nitrogens is 2. The number of hydrogen-bond donors (Lipinski definition) is 1. The number of anilines is 1. The van der Waals surface area contributed by atoms with E-state index in [1.807, 2.05) is 19.9 Å². The van der Waals surface area contributed by atoms with Crippen LogP contribution in [0.3, 0.4) is 0 Å². The largest absolute Gasteiger partial charge is 0.481 e. The summed E-state index contributed by atoms with van der Waals surface area (Å²) in [5.74, 6) is 2.11. The van der Waals surface area contributed by atoms with Crippen LogP contribution in [0.4, 0.5) is 5.82 Å². The van der Waals surface area contributed by atoms with Crippen molar-refractivity contribution in [3.8, 4) is 5.88 Å². The van der Waals surface area contributed by atoms with E-state index in [0.29, 0.717) is 11.7 Å². The smallest absolute Gasteiger partial charge is 0.218 e. The van der Waals surface area contributed by atoms with Gasteiger partial charge in [0.05, 0.1) is 7.11 Å². The number of nitrogens with one attached hydrogen (secondary N) is 1. The molecule has 1 aromatic rings. The lowest BCUT2D eigenvalue weighted by atomic mass is 10.4. The van der Waals surface area contributed by atoms with Gasteiger partial charge in [-0.25, -0.2) is 4.98 Å². The molecule has 0 aromatic carbocycles. The Hall–Kier alpha value is -1.58. The topological polar surface area (TPSA) is 47.0 Å². The number of rotatable bonds is 5. The van der Waals surface area contributed by atoms with E-state index < -0.39 is 0 Å². The van der Waals surface area contributed by atoms with Crippen LogP contribution in [0.5, 0.6) is 5.88 Å². The monoisotopic (exact) mass is 207 g/mol. The molecule has 1 rings (SSSR count). The average molecular weight is 207 g/mol. The van der Waals surface area contributed by atoms with Crippen LogP contribution in [0.2, 0.25) is 0 Å². The first-order valence-electron chi connectivity index (χ1n) is 5.01. The zero-order valence-corrected chi connectivity index (χ0v) is 9.45. The highest BCUT2D eigenvalue weighted by Gasteiger charge is 2.00. The fourth-order valence-corrected chi connectivity index (χ4v) is 1.19. The highest BCUT2D eigenvalue weighted by Crippen LogP contribution is 2.12. The summed E-state index contributed by atoms with van der Waals surface area (Å²) in [6, 6.07) is 1.79. The van der Waals surface area contributed by atoms with Crippen molar-refractivity contribution >= 4 is 5.82 Å². The third-order valence-corrected chi connectivity index (χ3v) is 1.88. The lowest BCUT2D eigenvalue weighted by Crippen LogP contribution is -2.04. The fraction of sp³-hybridized carbons (Fsp3) is 0.455. The lowest BCUT2D eigenvalue weighted by Gasteiger charge is -2.06. The van der Waals surface area contributed by atoms with Gasteiger partial charge in [0.15, 0.2) is 0 Å². The van der Waals surface area contributed by atoms with E-state index in [0.717, 1.165) is 18.8 Å². The molecule has 1 heterocycles. The van der Waals surface area contributed by atoms with E-state index in [1.165, 1.54) is 0 Å². The Morgan fingerprint density at radius 1 is 1.47 bits per heavy atom. The Morgan fingerprint density at radius 2 is 2.27 bits per heavy atom. The number of ether oxygens (including phenoxy) is 1. The summed E-state index contributed by atoms with van der Waals surface area (Å²) in [6.07, 6.45) is 5.13. The molecule has 15 heavy (non-hydrogen) atoms. The zero-order valence-electron chi connectivity index (χ0n) is 9.45. The van der Waals surface area contributed by atoms with Crippen molar-refractivity contribution in [2.45, 2.75) is 20.3 Å². The second-order valence-corrected chi connectivity index (χ2v) is 3.13. The Balaban J connectivity index is 2.56. The molecule has 1 N–H and O–H groups in total. The highest BCUT2D eigenvalue weighted by atomic mass is 16.5. The van der Waals surface area contributed by atoms with Gasteiger partial charge in [-0.05, 0) is 20.3 Å². The minimum Gasteiger partial charge on any atom is -0.481 e. The van der Waals surface area contributed by atoms with E-state index in [1.54, 1.807) is 13.2 Å². The lowest BCUT2D eigenvalue weighted by molar-refractivity contribution is 0.396. The molecule has 0 unspecified atom stereocenters. The van der Waals surface area contributed by atoms with Gasteiger partial charge in [-0.2, -0.15) is 4.98 Å². The normalized spacial score (nSPS) is 10.6. The molecule has 0 spiro atoms. The standard InChI is InChI=1S/C11H17N3O/c1-4-5-6-7-12-10-8-11(15-3)14-9(2)13-10/h4-5,8H,6-7H2,1-3H3,(H,12,13,14)/b5-4+. The third-order valence-electron chi connectivity index (χ3n) is 1.88. The second kappa shape index (κ2) is 6.01. The summed E-state index contributed by atoms with van der Waals surface area (Å²) in [7, 11) is 1.60. The van der Waals surface area contributed by atoms with Crippen LogP contribution in [0.1, 0.15) is 19.2 Å². The van der Waals surface area contributed by atoms with Gasteiger partial charge in [-0.15, -0.1) is 0 Å². The Kier molecular flexibility index (Phi) is 4.60. The molecule has 0 aliphatic heterocycles. The minimum atomic E-state index is 0.594. The summed E-state index contributed by atoms with van der Waals surface area (Å²) in [6.45, 7) is 4.72. The van der Waals surface area contributed by atoms with Gasteiger partial charge in [-0.1, -0.05) is 12.2 Å². The van der Waals surface area contributed by atoms with Gasteiger partial charge in [0.25, 0.3) is 0 Å². The van der Waals surface area contributed by atoms with Gasteiger partial charge in [-0.3, -0.25) is 0 Å². The second-order valence-electron chi connectivity index (χ2n) is 3.13. The van der Waals surface area contributed by atoms with Crippen LogP contribution in [0, 0.1) is 6.92 Å². The number of hydrogen-bond acceptors (Lipinski definition) is 4. The van der Waals surface area contributed by atoms with Crippen molar-refractivity contribution in [1.82, 2.24) is 9.97 Å². The predicted molar refractivity (Wildman–Crippen MR) is 61.2 cm³/mol. The summed E-state index contributed by atoms with van der Waals surface area (Å²) in [4.78, 5) is 8.36.